The van der Waals surface area contributed by atoms with Crippen molar-refractivity contribution in [3.05, 3.63) is 47.5 Å². The zero-order valence-corrected chi connectivity index (χ0v) is 16.5. The van der Waals surface area contributed by atoms with Gasteiger partial charge in [-0.05, 0) is 31.0 Å². The topological polar surface area (TPSA) is 70.7 Å². The van der Waals surface area contributed by atoms with E-state index in [1.165, 1.54) is 6.07 Å². The number of ether oxygens (including phenoxy) is 2. The van der Waals surface area contributed by atoms with Gasteiger partial charge in [0, 0.05) is 31.7 Å². The van der Waals surface area contributed by atoms with Crippen LogP contribution in [0.5, 0.6) is 5.75 Å². The molecule has 1 amide bonds. The number of halogens is 1. The van der Waals surface area contributed by atoms with Crippen molar-refractivity contribution in [2.75, 3.05) is 46.0 Å². The van der Waals surface area contributed by atoms with E-state index in [9.17, 15) is 9.18 Å². The molecule has 7 nitrogen and oxygen atoms in total. The van der Waals surface area contributed by atoms with Gasteiger partial charge in [-0.2, -0.15) is 5.10 Å². The van der Waals surface area contributed by atoms with Crippen LogP contribution >= 0.6 is 0 Å². The van der Waals surface area contributed by atoms with Gasteiger partial charge in [0.05, 0.1) is 38.1 Å². The van der Waals surface area contributed by atoms with E-state index in [2.05, 4.69) is 15.1 Å². The molecule has 0 saturated carbocycles. The number of hydrogen-bond acceptors (Lipinski definition) is 5. The minimum absolute atomic E-state index is 0.0148. The molecule has 0 bridgehead atoms. The Bertz CT molecular complexity index is 822. The average molecular weight is 402 g/mol. The minimum atomic E-state index is -0.363. The number of morpholine rings is 1. The summed E-state index contributed by atoms with van der Waals surface area (Å²) in [5.74, 6) is 0.0444. The number of amides is 1. The fourth-order valence-corrected chi connectivity index (χ4v) is 3.93. The van der Waals surface area contributed by atoms with Gasteiger partial charge in [0.2, 0.25) is 5.91 Å². The van der Waals surface area contributed by atoms with Crippen LogP contribution in [0.3, 0.4) is 0 Å². The zero-order chi connectivity index (χ0) is 20.1. The van der Waals surface area contributed by atoms with Gasteiger partial charge >= 0.3 is 0 Å². The van der Waals surface area contributed by atoms with Gasteiger partial charge in [-0.15, -0.1) is 0 Å². The van der Waals surface area contributed by atoms with Crippen LogP contribution in [-0.4, -0.2) is 71.9 Å². The molecule has 2 fully saturated rings. The lowest BCUT2D eigenvalue weighted by Gasteiger charge is -2.30. The van der Waals surface area contributed by atoms with Crippen LogP contribution in [0.25, 0.3) is 0 Å². The number of hydrogen-bond donors (Lipinski definition) is 1. The maximum absolute atomic E-state index is 13.6. The third kappa shape index (κ3) is 4.94. The van der Waals surface area contributed by atoms with E-state index >= 15 is 0 Å². The van der Waals surface area contributed by atoms with E-state index in [4.69, 9.17) is 9.47 Å². The summed E-state index contributed by atoms with van der Waals surface area (Å²) >= 11 is 0. The summed E-state index contributed by atoms with van der Waals surface area (Å²) in [6.07, 6.45) is 2.50. The Morgan fingerprint density at radius 3 is 2.93 bits per heavy atom. The molecule has 2 aliphatic rings. The number of benzene rings is 1. The number of aromatic amines is 1. The monoisotopic (exact) mass is 402 g/mol. The molecule has 2 aromatic rings. The summed E-state index contributed by atoms with van der Waals surface area (Å²) in [5.41, 5.74) is 1.81. The lowest BCUT2D eigenvalue weighted by atomic mass is 10.1. The van der Waals surface area contributed by atoms with E-state index in [1.807, 2.05) is 11.0 Å². The normalized spacial score (nSPS) is 20.2. The minimum Gasteiger partial charge on any atom is -0.490 e. The van der Waals surface area contributed by atoms with Gasteiger partial charge in [-0.1, -0.05) is 12.1 Å². The molecule has 0 unspecified atom stereocenters. The summed E-state index contributed by atoms with van der Waals surface area (Å²) in [5, 5.41) is 7.47. The third-order valence-electron chi connectivity index (χ3n) is 5.49. The first-order valence-corrected chi connectivity index (χ1v) is 10.2. The Kier molecular flexibility index (Phi) is 6.41. The van der Waals surface area contributed by atoms with Crippen LogP contribution < -0.4 is 4.74 Å². The molecule has 2 saturated heterocycles. The summed E-state index contributed by atoms with van der Waals surface area (Å²) < 4.78 is 24.5. The fourth-order valence-electron chi connectivity index (χ4n) is 3.93. The van der Waals surface area contributed by atoms with Gasteiger partial charge in [-0.3, -0.25) is 14.8 Å². The molecule has 2 aliphatic heterocycles. The Morgan fingerprint density at radius 1 is 1.28 bits per heavy atom. The first-order chi connectivity index (χ1) is 14.2. The molecule has 29 heavy (non-hydrogen) atoms. The summed E-state index contributed by atoms with van der Waals surface area (Å²) in [4.78, 5) is 16.9. The number of aromatic nitrogens is 2. The van der Waals surface area contributed by atoms with Crippen LogP contribution in [-0.2, 0) is 16.0 Å². The highest BCUT2D eigenvalue weighted by atomic mass is 19.1. The molecular formula is C21H27FN4O3. The van der Waals surface area contributed by atoms with E-state index in [0.29, 0.717) is 32.8 Å². The molecular weight excluding hydrogens is 375 g/mol. The molecule has 0 aliphatic carbocycles. The predicted molar refractivity (Wildman–Crippen MR) is 105 cm³/mol. The molecule has 3 heterocycles. The number of nitrogens with one attached hydrogen (secondary N) is 1. The Balaban J connectivity index is 1.31. The summed E-state index contributed by atoms with van der Waals surface area (Å²) in [6, 6.07) is 8.39. The SMILES string of the molecule is O=C(CN1CCOCC1)N1CCC[C@H]1c1cc(CCOc2ccccc2F)[nH]n1. The number of rotatable bonds is 7. The second kappa shape index (κ2) is 9.37. The quantitative estimate of drug-likeness (QED) is 0.769. The first kappa shape index (κ1) is 19.8. The van der Waals surface area contributed by atoms with Crippen LogP contribution in [0.1, 0.15) is 30.3 Å². The number of H-pyrrole nitrogens is 1. The number of likely N-dealkylation sites (tertiary alicyclic amines) is 1. The average Bonchev–Trinajstić information content (AvgIpc) is 3.39. The van der Waals surface area contributed by atoms with E-state index in [0.717, 1.165) is 43.9 Å². The van der Waals surface area contributed by atoms with Crippen molar-refractivity contribution >= 4 is 5.91 Å². The van der Waals surface area contributed by atoms with Crippen LogP contribution in [0.15, 0.2) is 30.3 Å². The molecule has 0 radical (unpaired) electrons. The zero-order valence-electron chi connectivity index (χ0n) is 16.5. The van der Waals surface area contributed by atoms with Crippen molar-refractivity contribution in [1.82, 2.24) is 20.0 Å². The Hall–Kier alpha value is -2.45. The largest absolute Gasteiger partial charge is 0.490 e. The standard InChI is InChI=1S/C21H27FN4O3/c22-17-4-1-2-6-20(17)29-11-7-16-14-18(24-23-16)19-5-3-8-26(19)21(27)15-25-9-12-28-13-10-25/h1-2,4,6,14,19H,3,5,7-13,15H2,(H,23,24)/t19-/m0/s1. The van der Waals surface area contributed by atoms with E-state index < -0.39 is 0 Å². The number of carbonyl (C=O) groups excluding carboxylic acids is 1. The Labute approximate surface area is 169 Å². The highest BCUT2D eigenvalue weighted by Gasteiger charge is 2.32. The molecule has 156 valence electrons. The Morgan fingerprint density at radius 2 is 2.10 bits per heavy atom. The van der Waals surface area contributed by atoms with Crippen molar-refractivity contribution in [2.24, 2.45) is 0 Å². The summed E-state index contributed by atoms with van der Waals surface area (Å²) in [7, 11) is 0. The number of carbonyl (C=O) groups is 1. The molecule has 0 spiro atoms. The van der Waals surface area contributed by atoms with Gasteiger partial charge in [0.1, 0.15) is 0 Å². The highest BCUT2D eigenvalue weighted by Crippen LogP contribution is 2.31. The fraction of sp³-hybridized carbons (Fsp3) is 0.524. The maximum atomic E-state index is 13.6. The lowest BCUT2D eigenvalue weighted by molar-refractivity contribution is -0.134. The molecule has 1 aromatic heterocycles. The van der Waals surface area contributed by atoms with Crippen molar-refractivity contribution in [3.8, 4) is 5.75 Å². The maximum Gasteiger partial charge on any atom is 0.237 e. The van der Waals surface area contributed by atoms with Gasteiger partial charge in [0.15, 0.2) is 11.6 Å². The third-order valence-corrected chi connectivity index (χ3v) is 5.49. The smallest absolute Gasteiger partial charge is 0.237 e. The molecule has 8 heteroatoms. The molecule has 1 aromatic carbocycles. The van der Waals surface area contributed by atoms with Gasteiger partial charge in [-0.25, -0.2) is 4.39 Å². The van der Waals surface area contributed by atoms with E-state index in [1.54, 1.807) is 18.2 Å². The van der Waals surface area contributed by atoms with Gasteiger partial charge in [0.25, 0.3) is 0 Å². The van der Waals surface area contributed by atoms with Crippen LogP contribution in [0.2, 0.25) is 0 Å². The van der Waals surface area contributed by atoms with Crippen LogP contribution in [0.4, 0.5) is 4.39 Å². The van der Waals surface area contributed by atoms with Crippen molar-refractivity contribution in [1.29, 1.82) is 0 Å². The second-order valence-electron chi connectivity index (χ2n) is 7.48. The highest BCUT2D eigenvalue weighted by molar-refractivity contribution is 5.79. The van der Waals surface area contributed by atoms with Crippen molar-refractivity contribution < 1.29 is 18.7 Å². The molecule has 1 atom stereocenters. The van der Waals surface area contributed by atoms with Crippen molar-refractivity contribution in [2.45, 2.75) is 25.3 Å². The van der Waals surface area contributed by atoms with Gasteiger partial charge < -0.3 is 14.4 Å². The molecule has 4 rings (SSSR count). The summed E-state index contributed by atoms with van der Waals surface area (Å²) in [6.45, 7) is 4.55. The first-order valence-electron chi connectivity index (χ1n) is 10.2. The lowest BCUT2D eigenvalue weighted by Crippen LogP contribution is -2.44. The van der Waals surface area contributed by atoms with Crippen LogP contribution in [0, 0.1) is 5.82 Å². The van der Waals surface area contributed by atoms with E-state index in [-0.39, 0.29) is 23.5 Å². The van der Waals surface area contributed by atoms with Crippen molar-refractivity contribution in [3.63, 3.8) is 0 Å². The number of nitrogens with zero attached hydrogens (tertiary/aromatic N) is 3. The molecule has 1 N–H and O–H groups in total. The number of para-hydroxylation sites is 1. The second-order valence-corrected chi connectivity index (χ2v) is 7.48. The predicted octanol–water partition coefficient (Wildman–Crippen LogP) is 2.17.